The van der Waals surface area contributed by atoms with Crippen molar-refractivity contribution < 1.29 is 0 Å². The number of pyridine rings is 1. The van der Waals surface area contributed by atoms with Gasteiger partial charge >= 0.3 is 0 Å². The number of guanidine groups is 1. The highest BCUT2D eigenvalue weighted by Gasteiger charge is 2.15. The number of fused-ring (bicyclic) bond motifs is 1. The second-order valence-electron chi connectivity index (χ2n) is 5.81. The van der Waals surface area contributed by atoms with Crippen LogP contribution < -0.4 is 10.6 Å². The second kappa shape index (κ2) is 7.25. The first kappa shape index (κ1) is 14.8. The molecule has 4 heteroatoms. The highest BCUT2D eigenvalue weighted by atomic mass is 15.2. The molecule has 1 aromatic heterocycles. The zero-order valence-corrected chi connectivity index (χ0v) is 13.2. The lowest BCUT2D eigenvalue weighted by Crippen LogP contribution is -2.42. The summed E-state index contributed by atoms with van der Waals surface area (Å²) in [5.74, 6) is 0.926. The van der Waals surface area contributed by atoms with E-state index in [4.69, 9.17) is 4.99 Å². The van der Waals surface area contributed by atoms with E-state index < -0.39 is 0 Å². The minimum absolute atomic E-state index is 0.576. The first-order chi connectivity index (χ1) is 10.9. The average molecular weight is 296 g/mol. The fourth-order valence-electron chi connectivity index (χ4n) is 3.04. The van der Waals surface area contributed by atoms with Crippen molar-refractivity contribution in [2.24, 2.45) is 4.99 Å². The van der Waals surface area contributed by atoms with Crippen molar-refractivity contribution >= 4 is 16.9 Å². The van der Waals surface area contributed by atoms with Gasteiger partial charge < -0.3 is 10.6 Å². The lowest BCUT2D eigenvalue weighted by atomic mass is 10.1. The fourth-order valence-corrected chi connectivity index (χ4v) is 3.04. The molecule has 2 N–H and O–H groups in total. The summed E-state index contributed by atoms with van der Waals surface area (Å²) in [6.07, 6.45) is 7.02. The molecule has 3 rings (SSSR count). The molecule has 1 aromatic carbocycles. The first-order valence-corrected chi connectivity index (χ1v) is 8.24. The molecule has 116 valence electrons. The Morgan fingerprint density at radius 1 is 1.23 bits per heavy atom. The predicted octanol–water partition coefficient (Wildman–Crippen LogP) is 3.23. The van der Waals surface area contributed by atoms with E-state index in [1.807, 2.05) is 18.3 Å². The van der Waals surface area contributed by atoms with Crippen LogP contribution >= 0.6 is 0 Å². The summed E-state index contributed by atoms with van der Waals surface area (Å²) in [5.41, 5.74) is 2.25. The van der Waals surface area contributed by atoms with Crippen molar-refractivity contribution in [1.29, 1.82) is 0 Å². The highest BCUT2D eigenvalue weighted by molar-refractivity contribution is 5.83. The Balaban J connectivity index is 1.76. The van der Waals surface area contributed by atoms with Gasteiger partial charge in [-0.25, -0.2) is 4.99 Å². The van der Waals surface area contributed by atoms with Gasteiger partial charge in [0, 0.05) is 24.2 Å². The van der Waals surface area contributed by atoms with Crippen LogP contribution in [0.25, 0.3) is 10.9 Å². The van der Waals surface area contributed by atoms with Gasteiger partial charge in [-0.2, -0.15) is 0 Å². The maximum atomic E-state index is 4.76. The summed E-state index contributed by atoms with van der Waals surface area (Å²) in [5, 5.41) is 8.10. The van der Waals surface area contributed by atoms with Gasteiger partial charge in [-0.1, -0.05) is 31.0 Å². The Morgan fingerprint density at radius 2 is 2.05 bits per heavy atom. The van der Waals surface area contributed by atoms with Gasteiger partial charge in [-0.15, -0.1) is 0 Å². The Hall–Kier alpha value is -2.10. The van der Waals surface area contributed by atoms with Gasteiger partial charge in [0.15, 0.2) is 5.96 Å². The summed E-state index contributed by atoms with van der Waals surface area (Å²) >= 11 is 0. The largest absolute Gasteiger partial charge is 0.357 e. The van der Waals surface area contributed by atoms with Crippen LogP contribution in [0.2, 0.25) is 0 Å². The van der Waals surface area contributed by atoms with Crippen LogP contribution in [-0.4, -0.2) is 23.5 Å². The molecule has 1 aliphatic rings. The van der Waals surface area contributed by atoms with Gasteiger partial charge in [0.25, 0.3) is 0 Å². The number of aromatic nitrogens is 1. The molecule has 4 nitrogen and oxygen atoms in total. The molecule has 1 fully saturated rings. The van der Waals surface area contributed by atoms with Gasteiger partial charge in [0.1, 0.15) is 0 Å². The minimum atomic E-state index is 0.576. The zero-order chi connectivity index (χ0) is 15.2. The van der Waals surface area contributed by atoms with Crippen molar-refractivity contribution in [3.63, 3.8) is 0 Å². The van der Waals surface area contributed by atoms with E-state index >= 15 is 0 Å². The normalized spacial score (nSPS) is 16.1. The van der Waals surface area contributed by atoms with Crippen LogP contribution in [0.1, 0.15) is 38.2 Å². The molecule has 0 atom stereocenters. The van der Waals surface area contributed by atoms with Gasteiger partial charge in [0.2, 0.25) is 0 Å². The molecule has 0 spiro atoms. The molecular weight excluding hydrogens is 272 g/mol. The Labute approximate surface area is 132 Å². The van der Waals surface area contributed by atoms with E-state index in [0.717, 1.165) is 18.0 Å². The van der Waals surface area contributed by atoms with Gasteiger partial charge in [-0.05, 0) is 37.5 Å². The Bertz CT molecular complexity index is 639. The van der Waals surface area contributed by atoms with Crippen molar-refractivity contribution in [2.45, 2.75) is 45.2 Å². The van der Waals surface area contributed by atoms with Gasteiger partial charge in [0.05, 0.1) is 12.1 Å². The summed E-state index contributed by atoms with van der Waals surface area (Å²) in [4.78, 5) is 9.17. The molecule has 0 radical (unpaired) electrons. The van der Waals surface area contributed by atoms with Crippen LogP contribution in [0.5, 0.6) is 0 Å². The number of rotatable bonds is 4. The lowest BCUT2D eigenvalue weighted by Gasteiger charge is -2.16. The number of para-hydroxylation sites is 1. The number of benzene rings is 1. The van der Waals surface area contributed by atoms with E-state index in [2.05, 4.69) is 40.7 Å². The molecule has 1 saturated carbocycles. The molecule has 0 saturated heterocycles. The summed E-state index contributed by atoms with van der Waals surface area (Å²) in [6.45, 7) is 3.66. The van der Waals surface area contributed by atoms with Crippen LogP contribution in [0, 0.1) is 0 Å². The molecule has 1 aliphatic carbocycles. The summed E-state index contributed by atoms with van der Waals surface area (Å²) < 4.78 is 0. The average Bonchev–Trinajstić information content (AvgIpc) is 3.06. The quantitative estimate of drug-likeness (QED) is 0.673. The number of hydrogen-bond donors (Lipinski definition) is 2. The molecular formula is C18H24N4. The second-order valence-corrected chi connectivity index (χ2v) is 5.81. The van der Waals surface area contributed by atoms with Crippen LogP contribution in [-0.2, 0) is 6.54 Å². The topological polar surface area (TPSA) is 49.3 Å². The van der Waals surface area contributed by atoms with E-state index in [0.29, 0.717) is 12.6 Å². The Kier molecular flexibility index (Phi) is 4.88. The number of nitrogens with one attached hydrogen (secondary N) is 2. The fraction of sp³-hybridized carbons (Fsp3) is 0.444. The molecule has 22 heavy (non-hydrogen) atoms. The molecule has 0 bridgehead atoms. The number of hydrogen-bond acceptors (Lipinski definition) is 2. The van der Waals surface area contributed by atoms with E-state index in [1.165, 1.54) is 36.6 Å². The SMILES string of the molecule is CCNC(=NCc1ccnc2ccccc12)NC1CCCC1. The van der Waals surface area contributed by atoms with Crippen molar-refractivity contribution in [3.8, 4) is 0 Å². The van der Waals surface area contributed by atoms with E-state index in [9.17, 15) is 0 Å². The molecule has 0 aliphatic heterocycles. The molecule has 0 unspecified atom stereocenters. The number of nitrogens with zero attached hydrogens (tertiary/aromatic N) is 2. The summed E-state index contributed by atoms with van der Waals surface area (Å²) in [6, 6.07) is 10.9. The maximum absolute atomic E-state index is 4.76. The highest BCUT2D eigenvalue weighted by Crippen LogP contribution is 2.18. The van der Waals surface area contributed by atoms with Crippen molar-refractivity contribution in [3.05, 3.63) is 42.1 Å². The third-order valence-corrected chi connectivity index (χ3v) is 4.19. The predicted molar refractivity (Wildman–Crippen MR) is 92.0 cm³/mol. The standard InChI is InChI=1S/C18H24N4/c1-2-19-18(22-15-7-3-4-8-15)21-13-14-11-12-20-17-10-6-5-9-16(14)17/h5-6,9-12,15H,2-4,7-8,13H2,1H3,(H2,19,21,22). The third kappa shape index (κ3) is 3.56. The van der Waals surface area contributed by atoms with Crippen LogP contribution in [0.15, 0.2) is 41.5 Å². The maximum Gasteiger partial charge on any atom is 0.191 e. The monoisotopic (exact) mass is 296 g/mol. The lowest BCUT2D eigenvalue weighted by molar-refractivity contribution is 0.614. The smallest absolute Gasteiger partial charge is 0.191 e. The summed E-state index contributed by atoms with van der Waals surface area (Å²) in [7, 11) is 0. The van der Waals surface area contributed by atoms with E-state index in [-0.39, 0.29) is 0 Å². The first-order valence-electron chi connectivity index (χ1n) is 8.24. The van der Waals surface area contributed by atoms with Crippen LogP contribution in [0.3, 0.4) is 0 Å². The minimum Gasteiger partial charge on any atom is -0.357 e. The molecule has 1 heterocycles. The van der Waals surface area contributed by atoms with Crippen molar-refractivity contribution in [2.75, 3.05) is 6.54 Å². The van der Waals surface area contributed by atoms with Crippen LogP contribution in [0.4, 0.5) is 0 Å². The molecule has 2 aromatic rings. The Morgan fingerprint density at radius 3 is 2.86 bits per heavy atom. The third-order valence-electron chi connectivity index (χ3n) is 4.19. The van der Waals surface area contributed by atoms with E-state index in [1.54, 1.807) is 0 Å². The van der Waals surface area contributed by atoms with Gasteiger partial charge in [-0.3, -0.25) is 4.98 Å². The van der Waals surface area contributed by atoms with Crippen molar-refractivity contribution in [1.82, 2.24) is 15.6 Å². The zero-order valence-electron chi connectivity index (χ0n) is 13.2. The number of aliphatic imine (C=N–C) groups is 1. The molecule has 0 amide bonds.